The van der Waals surface area contributed by atoms with Gasteiger partial charge in [0.1, 0.15) is 11.6 Å². The molecule has 6 nitrogen and oxygen atoms in total. The molecule has 0 aliphatic heterocycles. The van der Waals surface area contributed by atoms with Gasteiger partial charge in [-0.3, -0.25) is 14.4 Å². The summed E-state index contributed by atoms with van der Waals surface area (Å²) in [5.74, 6) is -1.10. The van der Waals surface area contributed by atoms with Crippen LogP contribution in [-0.2, 0) is 24.0 Å². The molecule has 0 spiro atoms. The van der Waals surface area contributed by atoms with E-state index in [4.69, 9.17) is 14.7 Å². The lowest BCUT2D eigenvalue weighted by Crippen LogP contribution is -2.07. The summed E-state index contributed by atoms with van der Waals surface area (Å²) in [6.45, 7) is 1.88. The number of aliphatic carboxylic acids is 1. The van der Waals surface area contributed by atoms with Crippen LogP contribution in [0.3, 0.4) is 0 Å². The lowest BCUT2D eigenvalue weighted by molar-refractivity contribution is -0.191. The first-order chi connectivity index (χ1) is 7.97. The summed E-state index contributed by atoms with van der Waals surface area (Å²) in [5, 5.41) is 8.31. The molecule has 0 aromatic carbocycles. The molecule has 0 saturated carbocycles. The topological polar surface area (TPSA) is 106 Å². The summed E-state index contributed by atoms with van der Waals surface area (Å²) in [6, 6.07) is 0. The molecule has 0 saturated heterocycles. The van der Waals surface area contributed by atoms with Gasteiger partial charge in [0.2, 0.25) is 0 Å². The van der Waals surface area contributed by atoms with E-state index >= 15 is 0 Å². The number of carboxylic acids is 1. The van der Waals surface area contributed by atoms with Crippen LogP contribution in [-0.4, -0.2) is 28.8 Å². The Hall–Kier alpha value is -1.81. The van der Waals surface area contributed by atoms with Crippen LogP contribution < -0.4 is 0 Å². The van der Waals surface area contributed by atoms with Crippen LogP contribution in [0.2, 0.25) is 0 Å². The van der Waals surface area contributed by atoms with Crippen LogP contribution in [0.25, 0.3) is 0 Å². The third-order valence-electron chi connectivity index (χ3n) is 1.77. The minimum atomic E-state index is -0.905. The molecular weight excluding hydrogens is 228 g/mol. The average molecular weight is 244 g/mol. The molecule has 0 fully saturated rings. The molecule has 0 unspecified atom stereocenters. The van der Waals surface area contributed by atoms with E-state index in [0.29, 0.717) is 12.8 Å². The minimum Gasteiger partial charge on any atom is -0.481 e. The molecule has 0 amide bonds. The number of hydrogen-bond donors (Lipinski definition) is 1. The van der Waals surface area contributed by atoms with Crippen molar-refractivity contribution in [3.8, 4) is 0 Å². The van der Waals surface area contributed by atoms with Crippen molar-refractivity contribution in [2.24, 2.45) is 0 Å². The largest absolute Gasteiger partial charge is 0.481 e. The van der Waals surface area contributed by atoms with Crippen molar-refractivity contribution in [1.82, 2.24) is 0 Å². The highest BCUT2D eigenvalue weighted by Crippen LogP contribution is 2.02. The molecule has 96 valence electrons. The summed E-state index contributed by atoms with van der Waals surface area (Å²) >= 11 is 0. The van der Waals surface area contributed by atoms with Gasteiger partial charge in [0.25, 0.3) is 0 Å². The van der Waals surface area contributed by atoms with Gasteiger partial charge in [-0.2, -0.15) is 9.59 Å². The van der Waals surface area contributed by atoms with Crippen molar-refractivity contribution in [3.05, 3.63) is 0 Å². The van der Waals surface area contributed by atoms with Crippen molar-refractivity contribution in [2.75, 3.05) is 0 Å². The second kappa shape index (κ2) is 12.3. The van der Waals surface area contributed by atoms with Gasteiger partial charge in [0.15, 0.2) is 0 Å². The van der Waals surface area contributed by atoms with Crippen LogP contribution >= 0.6 is 0 Å². The van der Waals surface area contributed by atoms with E-state index in [1.165, 1.54) is 0 Å². The Balaban J connectivity index is 0. The number of ketones is 2. The third kappa shape index (κ3) is 16.8. The second-order valence-corrected chi connectivity index (χ2v) is 3.33. The molecule has 0 aliphatic rings. The Morgan fingerprint density at radius 2 is 1.47 bits per heavy atom. The van der Waals surface area contributed by atoms with Gasteiger partial charge in [0.05, 0.1) is 6.42 Å². The smallest absolute Gasteiger partial charge is 0.373 e. The maximum Gasteiger partial charge on any atom is 0.373 e. The van der Waals surface area contributed by atoms with E-state index in [1.54, 1.807) is 0 Å². The predicted molar refractivity (Wildman–Crippen MR) is 56.0 cm³/mol. The Morgan fingerprint density at radius 1 is 1.00 bits per heavy atom. The van der Waals surface area contributed by atoms with Gasteiger partial charge in [-0.1, -0.05) is 6.92 Å². The highest BCUT2D eigenvalue weighted by atomic mass is 16.4. The number of carboxylic acid groups (broad SMARTS) is 1. The highest BCUT2D eigenvalue weighted by Gasteiger charge is 2.09. The second-order valence-electron chi connectivity index (χ2n) is 3.33. The molecule has 6 heteroatoms. The summed E-state index contributed by atoms with van der Waals surface area (Å²) < 4.78 is 0. The highest BCUT2D eigenvalue weighted by molar-refractivity contribution is 5.99. The zero-order chi connectivity index (χ0) is 13.7. The first kappa shape index (κ1) is 17.6. The van der Waals surface area contributed by atoms with Gasteiger partial charge in [-0.05, 0) is 12.8 Å². The number of carbonyl (C=O) groups excluding carboxylic acids is 4. The maximum absolute atomic E-state index is 11.1. The number of Topliss-reactive ketones (excluding diaryl/α,β-unsaturated/α-hetero) is 2. The maximum atomic E-state index is 11.1. The molecule has 0 atom stereocenters. The van der Waals surface area contributed by atoms with Gasteiger partial charge < -0.3 is 5.11 Å². The van der Waals surface area contributed by atoms with E-state index in [1.807, 2.05) is 6.92 Å². The van der Waals surface area contributed by atoms with Crippen molar-refractivity contribution >= 4 is 23.7 Å². The predicted octanol–water partition coefficient (Wildman–Crippen LogP) is 0.986. The molecule has 0 heterocycles. The number of carbonyl (C=O) groups is 3. The van der Waals surface area contributed by atoms with Crippen molar-refractivity contribution < 1.29 is 29.1 Å². The van der Waals surface area contributed by atoms with Crippen molar-refractivity contribution in [2.45, 2.75) is 45.4 Å². The first-order valence-corrected chi connectivity index (χ1v) is 5.22. The van der Waals surface area contributed by atoms with Crippen LogP contribution in [0.15, 0.2) is 0 Å². The van der Waals surface area contributed by atoms with E-state index in [0.717, 1.165) is 6.42 Å². The Labute approximate surface area is 99.0 Å². The van der Waals surface area contributed by atoms with Crippen molar-refractivity contribution in [3.63, 3.8) is 0 Å². The molecule has 1 N–H and O–H groups in total. The molecule has 0 aromatic rings. The van der Waals surface area contributed by atoms with Crippen LogP contribution in [0.4, 0.5) is 0 Å². The standard InChI is InChI=1S/C10H16O4.CO2/c1-2-4-8(11)7-9(12)5-3-6-10(13)14;2-1-3/h2-7H2,1H3,(H,13,14);. The van der Waals surface area contributed by atoms with Crippen LogP contribution in [0, 0.1) is 0 Å². The van der Waals surface area contributed by atoms with Crippen LogP contribution in [0.5, 0.6) is 0 Å². The molecule has 0 radical (unpaired) electrons. The molecule has 0 aromatic heterocycles. The SMILES string of the molecule is CCCC(=O)CC(=O)CCCC(=O)O.O=C=O. The van der Waals surface area contributed by atoms with Gasteiger partial charge in [-0.15, -0.1) is 0 Å². The fraction of sp³-hybridized carbons (Fsp3) is 0.636. The average Bonchev–Trinajstić information content (AvgIpc) is 2.18. The summed E-state index contributed by atoms with van der Waals surface area (Å²) in [5.41, 5.74) is 0. The van der Waals surface area contributed by atoms with E-state index in [-0.39, 0.29) is 37.0 Å². The Bertz CT molecular complexity index is 288. The van der Waals surface area contributed by atoms with E-state index in [9.17, 15) is 14.4 Å². The molecule has 0 aliphatic carbocycles. The third-order valence-corrected chi connectivity index (χ3v) is 1.77. The van der Waals surface area contributed by atoms with Gasteiger partial charge in [-0.25, -0.2) is 0 Å². The first-order valence-electron chi connectivity index (χ1n) is 5.22. The minimum absolute atomic E-state index is 0.00624. The summed E-state index contributed by atoms with van der Waals surface area (Å²) in [4.78, 5) is 48.5. The quantitative estimate of drug-likeness (QED) is 0.638. The molecule has 17 heavy (non-hydrogen) atoms. The van der Waals surface area contributed by atoms with E-state index < -0.39 is 5.97 Å². The number of hydrogen-bond acceptors (Lipinski definition) is 5. The lowest BCUT2D eigenvalue weighted by atomic mass is 10.1. The Morgan fingerprint density at radius 3 is 1.88 bits per heavy atom. The van der Waals surface area contributed by atoms with Crippen LogP contribution in [0.1, 0.15) is 45.4 Å². The van der Waals surface area contributed by atoms with E-state index in [2.05, 4.69) is 0 Å². The Kier molecular flexibility index (Phi) is 12.7. The monoisotopic (exact) mass is 244 g/mol. The molecule has 0 rings (SSSR count). The summed E-state index contributed by atoms with van der Waals surface area (Å²) in [6.07, 6.45) is 1.92. The normalized spacial score (nSPS) is 8.53. The van der Waals surface area contributed by atoms with Gasteiger partial charge >= 0.3 is 12.1 Å². The zero-order valence-corrected chi connectivity index (χ0v) is 9.73. The fourth-order valence-electron chi connectivity index (χ4n) is 1.11. The molecule has 0 bridgehead atoms. The molecular formula is C11H16O6. The van der Waals surface area contributed by atoms with Crippen molar-refractivity contribution in [1.29, 1.82) is 0 Å². The van der Waals surface area contributed by atoms with Gasteiger partial charge in [0, 0.05) is 19.3 Å². The zero-order valence-electron chi connectivity index (χ0n) is 9.73. The lowest BCUT2D eigenvalue weighted by Gasteiger charge is -1.98. The number of rotatable bonds is 8. The fourth-order valence-corrected chi connectivity index (χ4v) is 1.11. The summed E-state index contributed by atoms with van der Waals surface area (Å²) in [7, 11) is 0.